The van der Waals surface area contributed by atoms with Gasteiger partial charge in [0.25, 0.3) is 0 Å². The summed E-state index contributed by atoms with van der Waals surface area (Å²) in [5.41, 5.74) is 1.07. The Morgan fingerprint density at radius 3 is 2.29 bits per heavy atom. The fourth-order valence-electron chi connectivity index (χ4n) is 2.28. The van der Waals surface area contributed by atoms with Crippen LogP contribution in [0.1, 0.15) is 43.7 Å². The minimum atomic E-state index is -0.989. The van der Waals surface area contributed by atoms with Gasteiger partial charge in [0.15, 0.2) is 6.10 Å². The Bertz CT molecular complexity index is 935. The third-order valence-electron chi connectivity index (χ3n) is 4.05. The number of hydrogen-bond donors (Lipinski definition) is 1. The lowest BCUT2D eigenvalue weighted by Crippen LogP contribution is -2.29. The number of aryl methyl sites for hydroxylation is 1. The highest BCUT2D eigenvalue weighted by Crippen LogP contribution is 2.18. The summed E-state index contributed by atoms with van der Waals surface area (Å²) in [4.78, 5) is 47.9. The van der Waals surface area contributed by atoms with Gasteiger partial charge in [-0.2, -0.15) is 0 Å². The molecule has 2 rings (SSSR count). The van der Waals surface area contributed by atoms with E-state index >= 15 is 0 Å². The maximum absolute atomic E-state index is 12.5. The van der Waals surface area contributed by atoms with Crippen LogP contribution in [0.5, 0.6) is 0 Å². The third-order valence-corrected chi connectivity index (χ3v) is 4.93. The molecule has 150 valence electrons. The smallest absolute Gasteiger partial charge is 0.326 e. The molecule has 0 fully saturated rings. The molecule has 0 aliphatic heterocycles. The van der Waals surface area contributed by atoms with Crippen molar-refractivity contribution in [2.75, 3.05) is 5.32 Å². The van der Waals surface area contributed by atoms with E-state index in [1.165, 1.54) is 11.5 Å². The number of amides is 1. The van der Waals surface area contributed by atoms with Crippen molar-refractivity contribution < 1.29 is 19.1 Å². The van der Waals surface area contributed by atoms with E-state index < -0.39 is 17.5 Å². The number of nitrogens with one attached hydrogen (secondary N) is 1. The molecule has 0 aliphatic rings. The monoisotopic (exact) mass is 404 g/mol. The molecule has 0 radical (unpaired) electrons. The second kappa shape index (κ2) is 8.52. The summed E-state index contributed by atoms with van der Waals surface area (Å²) >= 11 is 1.00. The maximum atomic E-state index is 12.5. The molecule has 7 nitrogen and oxygen atoms in total. The number of esters is 1. The Morgan fingerprint density at radius 1 is 1.18 bits per heavy atom. The molecule has 1 aromatic carbocycles. The van der Waals surface area contributed by atoms with E-state index in [9.17, 15) is 19.2 Å². The molecule has 0 saturated carbocycles. The third kappa shape index (κ3) is 5.39. The predicted molar refractivity (Wildman–Crippen MR) is 108 cm³/mol. The minimum absolute atomic E-state index is 0.132. The first-order chi connectivity index (χ1) is 13.0. The lowest BCUT2D eigenvalue weighted by molar-refractivity contribution is -0.147. The van der Waals surface area contributed by atoms with Crippen LogP contribution in [0.15, 0.2) is 34.4 Å². The van der Waals surface area contributed by atoms with Crippen LogP contribution in [0.4, 0.5) is 5.69 Å². The van der Waals surface area contributed by atoms with Crippen molar-refractivity contribution >= 4 is 34.7 Å². The summed E-state index contributed by atoms with van der Waals surface area (Å²) in [7, 11) is 0. The molecule has 0 saturated heterocycles. The summed E-state index contributed by atoms with van der Waals surface area (Å²) in [6.45, 7) is 8.40. The topological polar surface area (TPSA) is 94.5 Å². The molecule has 1 N–H and O–H groups in total. The average molecular weight is 404 g/mol. The van der Waals surface area contributed by atoms with E-state index in [2.05, 4.69) is 5.32 Å². The molecule has 8 heteroatoms. The molecule has 0 bridgehead atoms. The zero-order valence-electron chi connectivity index (χ0n) is 16.6. The molecule has 28 heavy (non-hydrogen) atoms. The lowest BCUT2D eigenvalue weighted by atomic mass is 9.95. The summed E-state index contributed by atoms with van der Waals surface area (Å²) in [5, 5.41) is 4.43. The summed E-state index contributed by atoms with van der Waals surface area (Å²) in [5.74, 6) is -1.15. The van der Waals surface area contributed by atoms with Crippen molar-refractivity contribution in [3.63, 3.8) is 0 Å². The van der Waals surface area contributed by atoms with E-state index in [1.54, 1.807) is 36.6 Å². The van der Waals surface area contributed by atoms with Gasteiger partial charge in [0.05, 0.1) is 0 Å². The van der Waals surface area contributed by atoms with Gasteiger partial charge in [-0.15, -0.1) is 0 Å². The van der Waals surface area contributed by atoms with Crippen LogP contribution in [0.3, 0.4) is 0 Å². The number of carbonyl (C=O) groups excluding carboxylic acids is 3. The highest BCUT2D eigenvalue weighted by molar-refractivity contribution is 7.07. The summed E-state index contributed by atoms with van der Waals surface area (Å²) < 4.78 is 6.48. The zero-order valence-corrected chi connectivity index (χ0v) is 17.4. The maximum Gasteiger partial charge on any atom is 0.326 e. The average Bonchev–Trinajstić information content (AvgIpc) is 2.92. The summed E-state index contributed by atoms with van der Waals surface area (Å²) in [6, 6.07) is 6.39. The zero-order chi connectivity index (χ0) is 21.1. The van der Waals surface area contributed by atoms with Crippen LogP contribution in [-0.4, -0.2) is 28.3 Å². The largest absolute Gasteiger partial charge is 0.453 e. The number of benzene rings is 1. The van der Waals surface area contributed by atoms with E-state index in [-0.39, 0.29) is 23.1 Å². The molecule has 1 amide bonds. The molecule has 0 spiro atoms. The van der Waals surface area contributed by atoms with E-state index in [0.29, 0.717) is 16.9 Å². The van der Waals surface area contributed by atoms with Gasteiger partial charge in [-0.3, -0.25) is 23.7 Å². The van der Waals surface area contributed by atoms with E-state index in [4.69, 9.17) is 4.74 Å². The second-order valence-electron chi connectivity index (χ2n) is 7.51. The molecule has 1 aromatic heterocycles. The van der Waals surface area contributed by atoms with Crippen LogP contribution < -0.4 is 10.2 Å². The fraction of sp³-hybridized carbons (Fsp3) is 0.400. The van der Waals surface area contributed by atoms with Crippen molar-refractivity contribution in [1.29, 1.82) is 0 Å². The quantitative estimate of drug-likeness (QED) is 0.590. The van der Waals surface area contributed by atoms with Crippen molar-refractivity contribution in [2.24, 2.45) is 5.41 Å². The number of thiazole rings is 1. The van der Waals surface area contributed by atoms with E-state index in [0.717, 1.165) is 11.3 Å². The Kier molecular flexibility index (Phi) is 6.56. The van der Waals surface area contributed by atoms with Gasteiger partial charge in [-0.1, -0.05) is 32.1 Å². The summed E-state index contributed by atoms with van der Waals surface area (Å²) in [6.07, 6.45) is -0.989. The fourth-order valence-corrected chi connectivity index (χ4v) is 3.02. The number of hydrogen-bond acceptors (Lipinski definition) is 6. The van der Waals surface area contributed by atoms with Gasteiger partial charge in [0.2, 0.25) is 11.7 Å². The molecule has 1 heterocycles. The van der Waals surface area contributed by atoms with Gasteiger partial charge < -0.3 is 10.1 Å². The molecular weight excluding hydrogens is 380 g/mol. The number of anilines is 1. The Morgan fingerprint density at radius 2 is 1.79 bits per heavy atom. The highest BCUT2D eigenvalue weighted by atomic mass is 32.1. The van der Waals surface area contributed by atoms with Crippen molar-refractivity contribution in [3.05, 3.63) is 50.6 Å². The van der Waals surface area contributed by atoms with Gasteiger partial charge in [0, 0.05) is 27.7 Å². The van der Waals surface area contributed by atoms with Gasteiger partial charge in [-0.05, 0) is 38.1 Å². The number of ether oxygens (including phenoxy) is 1. The molecule has 2 aromatic rings. The number of Topliss-reactive ketones (excluding diaryl/α,β-unsaturated/α-hetero) is 1. The Balaban J connectivity index is 1.98. The Labute approximate surface area is 167 Å². The van der Waals surface area contributed by atoms with Gasteiger partial charge in [-0.25, -0.2) is 0 Å². The lowest BCUT2D eigenvalue weighted by Gasteiger charge is -2.18. The van der Waals surface area contributed by atoms with Crippen molar-refractivity contribution in [1.82, 2.24) is 4.57 Å². The number of rotatable bonds is 6. The van der Waals surface area contributed by atoms with Crippen LogP contribution in [0.25, 0.3) is 0 Å². The molecular formula is C20H24N2O5S. The normalized spacial score (nSPS) is 12.3. The molecule has 0 aliphatic carbocycles. The first-order valence-electron chi connectivity index (χ1n) is 8.79. The van der Waals surface area contributed by atoms with Gasteiger partial charge in [0.1, 0.15) is 6.54 Å². The highest BCUT2D eigenvalue weighted by Gasteiger charge is 2.22. The van der Waals surface area contributed by atoms with Crippen LogP contribution >= 0.6 is 11.3 Å². The van der Waals surface area contributed by atoms with Crippen LogP contribution in [-0.2, 0) is 20.9 Å². The van der Waals surface area contributed by atoms with Crippen LogP contribution in [0.2, 0.25) is 0 Å². The number of carbonyl (C=O) groups is 3. The first-order valence-corrected chi connectivity index (χ1v) is 9.67. The van der Waals surface area contributed by atoms with Crippen LogP contribution in [0, 0.1) is 12.3 Å². The first kappa shape index (κ1) is 21.6. The minimum Gasteiger partial charge on any atom is -0.453 e. The Hall–Kier alpha value is -2.74. The standard InChI is InChI=1S/C20H24N2O5S/c1-12-11-28-19(26)22(12)10-16(23)27-13(2)17(24)14-6-8-15(9-7-14)21-18(25)20(3,4)5/h6-9,11,13H,10H2,1-5H3,(H,21,25)/t13-/m0/s1. The van der Waals surface area contributed by atoms with Gasteiger partial charge >= 0.3 is 10.8 Å². The predicted octanol–water partition coefficient (Wildman–Crippen LogP) is 3.02. The molecule has 0 unspecified atom stereocenters. The SMILES string of the molecule is Cc1csc(=O)n1CC(=O)O[C@@H](C)C(=O)c1ccc(NC(=O)C(C)(C)C)cc1. The number of nitrogens with zero attached hydrogens (tertiary/aromatic N) is 1. The molecule has 1 atom stereocenters. The second-order valence-corrected chi connectivity index (χ2v) is 8.33. The van der Waals surface area contributed by atoms with Crippen molar-refractivity contribution in [2.45, 2.75) is 47.3 Å². The van der Waals surface area contributed by atoms with E-state index in [1.807, 2.05) is 20.8 Å². The van der Waals surface area contributed by atoms with Crippen molar-refractivity contribution in [3.8, 4) is 0 Å². The number of aromatic nitrogens is 1. The number of ketones is 1.